The summed E-state index contributed by atoms with van der Waals surface area (Å²) >= 11 is 1.51. The Bertz CT molecular complexity index is 1060. The van der Waals surface area contributed by atoms with Gasteiger partial charge in [-0.1, -0.05) is 12.1 Å². The van der Waals surface area contributed by atoms with Crippen LogP contribution in [-0.2, 0) is 6.54 Å². The number of carbonyl (C=O) groups excluding carboxylic acids is 1. The van der Waals surface area contributed by atoms with Crippen molar-refractivity contribution in [2.45, 2.75) is 19.4 Å². The normalized spacial score (nSPS) is 15.3. The minimum absolute atomic E-state index is 0.123. The zero-order chi connectivity index (χ0) is 19.8. The van der Waals surface area contributed by atoms with E-state index in [-0.39, 0.29) is 5.91 Å². The first-order valence-corrected chi connectivity index (χ1v) is 10.5. The number of benzene rings is 1. The van der Waals surface area contributed by atoms with Crippen LogP contribution >= 0.6 is 11.3 Å². The van der Waals surface area contributed by atoms with E-state index in [1.165, 1.54) is 11.3 Å². The summed E-state index contributed by atoms with van der Waals surface area (Å²) in [6.45, 7) is 2.30. The van der Waals surface area contributed by atoms with Gasteiger partial charge in [0.2, 0.25) is 5.88 Å². The molecule has 1 aromatic carbocycles. The molecule has 1 amide bonds. The second kappa shape index (κ2) is 7.40. The first-order chi connectivity index (χ1) is 14.2. The number of pyridine rings is 1. The van der Waals surface area contributed by atoms with Crippen LogP contribution in [0.5, 0.6) is 17.4 Å². The highest BCUT2D eigenvalue weighted by molar-refractivity contribution is 7.18. The van der Waals surface area contributed by atoms with Crippen molar-refractivity contribution in [2.24, 2.45) is 0 Å². The number of ether oxygens (including phenoxy) is 2. The van der Waals surface area contributed by atoms with Crippen molar-refractivity contribution < 1.29 is 14.3 Å². The number of methoxy groups -OCH3 is 1. The quantitative estimate of drug-likeness (QED) is 0.622. The molecule has 1 saturated heterocycles. The minimum Gasteiger partial charge on any atom is -0.493 e. The molecule has 0 bridgehead atoms. The Morgan fingerprint density at radius 1 is 1.14 bits per heavy atom. The van der Waals surface area contributed by atoms with Crippen molar-refractivity contribution in [3.8, 4) is 17.4 Å². The fraction of sp³-hybridized carbons (Fsp3) is 0.273. The molecule has 0 radical (unpaired) electrons. The number of aromatic nitrogens is 1. The number of fused-ring (bicyclic) bond motifs is 2. The zero-order valence-electron chi connectivity index (χ0n) is 16.1. The van der Waals surface area contributed by atoms with E-state index < -0.39 is 0 Å². The molecule has 2 aromatic heterocycles. The number of thiophene rings is 1. The Balaban J connectivity index is 1.55. The standard InChI is InChI=1S/C22H21N3O3S/c1-27-17-8-4-6-15-14-25(16-7-5-11-23-21(16)28-20(15)17)19-10-9-18(29-19)22(26)24-12-2-3-13-24/h4-11H,2-3,12-14H2,1H3. The average molecular weight is 407 g/mol. The van der Waals surface area contributed by atoms with E-state index in [1.807, 2.05) is 47.4 Å². The largest absolute Gasteiger partial charge is 0.493 e. The number of anilines is 2. The molecule has 0 unspecified atom stereocenters. The Hall–Kier alpha value is -3.06. The number of hydrogen-bond donors (Lipinski definition) is 0. The van der Waals surface area contributed by atoms with Crippen molar-refractivity contribution in [1.29, 1.82) is 0 Å². The maximum absolute atomic E-state index is 12.8. The van der Waals surface area contributed by atoms with Crippen LogP contribution < -0.4 is 14.4 Å². The SMILES string of the molecule is COc1cccc2c1Oc1ncccc1N(c1ccc(C(=O)N3CCCC3)s1)C2. The molecule has 29 heavy (non-hydrogen) atoms. The van der Waals surface area contributed by atoms with Crippen LogP contribution in [0.15, 0.2) is 48.7 Å². The van der Waals surface area contributed by atoms with Gasteiger partial charge in [0.15, 0.2) is 11.5 Å². The van der Waals surface area contributed by atoms with Gasteiger partial charge in [-0.15, -0.1) is 11.3 Å². The number of carbonyl (C=O) groups is 1. The molecule has 0 aliphatic carbocycles. The van der Waals surface area contributed by atoms with Crippen LogP contribution in [0.4, 0.5) is 10.7 Å². The van der Waals surface area contributed by atoms with E-state index in [4.69, 9.17) is 9.47 Å². The molecule has 148 valence electrons. The van der Waals surface area contributed by atoms with E-state index in [0.29, 0.717) is 23.9 Å². The van der Waals surface area contributed by atoms with Gasteiger partial charge in [0, 0.05) is 24.8 Å². The van der Waals surface area contributed by atoms with E-state index >= 15 is 0 Å². The molecule has 4 heterocycles. The molecular formula is C22H21N3O3S. The number of rotatable bonds is 3. The summed E-state index contributed by atoms with van der Waals surface area (Å²) in [6, 6.07) is 13.7. The van der Waals surface area contributed by atoms with E-state index in [9.17, 15) is 4.79 Å². The van der Waals surface area contributed by atoms with Crippen LogP contribution in [0.25, 0.3) is 0 Å². The molecule has 6 nitrogen and oxygen atoms in total. The second-order valence-corrected chi connectivity index (χ2v) is 8.16. The fourth-order valence-electron chi connectivity index (χ4n) is 3.84. The number of nitrogens with zero attached hydrogens (tertiary/aromatic N) is 3. The second-order valence-electron chi connectivity index (χ2n) is 7.10. The van der Waals surface area contributed by atoms with Gasteiger partial charge < -0.3 is 19.3 Å². The van der Waals surface area contributed by atoms with Gasteiger partial charge in [0.05, 0.1) is 23.5 Å². The Kier molecular flexibility index (Phi) is 4.60. The number of amides is 1. The van der Waals surface area contributed by atoms with E-state index in [0.717, 1.165) is 47.1 Å². The zero-order valence-corrected chi connectivity index (χ0v) is 16.9. The third-order valence-electron chi connectivity index (χ3n) is 5.31. The van der Waals surface area contributed by atoms with Crippen molar-refractivity contribution in [3.63, 3.8) is 0 Å². The van der Waals surface area contributed by atoms with Gasteiger partial charge in [-0.2, -0.15) is 0 Å². The molecule has 0 N–H and O–H groups in total. The van der Waals surface area contributed by atoms with Gasteiger partial charge in [-0.05, 0) is 43.2 Å². The highest BCUT2D eigenvalue weighted by Crippen LogP contribution is 2.46. The summed E-state index contributed by atoms with van der Waals surface area (Å²) in [5, 5.41) is 0.987. The monoisotopic (exact) mass is 407 g/mol. The number of hydrogen-bond acceptors (Lipinski definition) is 6. The van der Waals surface area contributed by atoms with Gasteiger partial charge in [0.25, 0.3) is 5.91 Å². The summed E-state index contributed by atoms with van der Waals surface area (Å²) in [5.41, 5.74) is 1.87. The summed E-state index contributed by atoms with van der Waals surface area (Å²) in [6.07, 6.45) is 3.89. The highest BCUT2D eigenvalue weighted by atomic mass is 32.1. The van der Waals surface area contributed by atoms with Crippen LogP contribution in [0.1, 0.15) is 28.1 Å². The van der Waals surface area contributed by atoms with Gasteiger partial charge in [0.1, 0.15) is 5.69 Å². The minimum atomic E-state index is 0.123. The van der Waals surface area contributed by atoms with Gasteiger partial charge in [-0.25, -0.2) is 4.98 Å². The highest BCUT2D eigenvalue weighted by Gasteiger charge is 2.27. The maximum Gasteiger partial charge on any atom is 0.263 e. The van der Waals surface area contributed by atoms with Crippen LogP contribution in [0.3, 0.4) is 0 Å². The lowest BCUT2D eigenvalue weighted by Crippen LogP contribution is -2.26. The summed E-state index contributed by atoms with van der Waals surface area (Å²) in [5.74, 6) is 2.01. The third kappa shape index (κ3) is 3.21. The summed E-state index contributed by atoms with van der Waals surface area (Å²) in [4.78, 5) is 22.1. The molecule has 3 aromatic rings. The lowest BCUT2D eigenvalue weighted by Gasteiger charge is -2.21. The lowest BCUT2D eigenvalue weighted by atomic mass is 10.1. The molecule has 1 fully saturated rings. The first-order valence-electron chi connectivity index (χ1n) is 9.70. The van der Waals surface area contributed by atoms with Crippen LogP contribution in [0, 0.1) is 0 Å². The van der Waals surface area contributed by atoms with E-state index in [1.54, 1.807) is 13.3 Å². The first kappa shape index (κ1) is 18.0. The number of para-hydroxylation sites is 1. The van der Waals surface area contributed by atoms with Crippen molar-refractivity contribution in [1.82, 2.24) is 9.88 Å². The molecule has 0 saturated carbocycles. The Morgan fingerprint density at radius 2 is 2.00 bits per heavy atom. The van der Waals surface area contributed by atoms with E-state index in [2.05, 4.69) is 9.88 Å². The molecule has 2 aliphatic rings. The average Bonchev–Trinajstić information content (AvgIpc) is 3.43. The molecule has 7 heteroatoms. The Labute approximate surface area is 173 Å². The van der Waals surface area contributed by atoms with Crippen molar-refractivity contribution in [2.75, 3.05) is 25.1 Å². The maximum atomic E-state index is 12.8. The Morgan fingerprint density at radius 3 is 2.83 bits per heavy atom. The summed E-state index contributed by atoms with van der Waals surface area (Å²) in [7, 11) is 1.64. The molecule has 0 spiro atoms. The summed E-state index contributed by atoms with van der Waals surface area (Å²) < 4.78 is 11.7. The van der Waals surface area contributed by atoms with Crippen LogP contribution in [-0.4, -0.2) is 36.0 Å². The predicted octanol–water partition coefficient (Wildman–Crippen LogP) is 4.83. The smallest absolute Gasteiger partial charge is 0.263 e. The lowest BCUT2D eigenvalue weighted by molar-refractivity contribution is 0.0797. The molecule has 2 aliphatic heterocycles. The van der Waals surface area contributed by atoms with Gasteiger partial charge in [-0.3, -0.25) is 4.79 Å². The molecule has 5 rings (SSSR count). The van der Waals surface area contributed by atoms with Crippen molar-refractivity contribution in [3.05, 3.63) is 59.1 Å². The van der Waals surface area contributed by atoms with Crippen LogP contribution in [0.2, 0.25) is 0 Å². The predicted molar refractivity (Wildman–Crippen MR) is 113 cm³/mol. The third-order valence-corrected chi connectivity index (χ3v) is 6.41. The molecular weight excluding hydrogens is 386 g/mol. The van der Waals surface area contributed by atoms with Crippen molar-refractivity contribution >= 4 is 27.9 Å². The van der Waals surface area contributed by atoms with Gasteiger partial charge >= 0.3 is 0 Å². The number of likely N-dealkylation sites (tertiary alicyclic amines) is 1. The topological polar surface area (TPSA) is 54.9 Å². The molecule has 0 atom stereocenters. The fourth-order valence-corrected chi connectivity index (χ4v) is 4.83.